The summed E-state index contributed by atoms with van der Waals surface area (Å²) in [6.07, 6.45) is 9.53. The predicted octanol–water partition coefficient (Wildman–Crippen LogP) is 6.33. The van der Waals surface area contributed by atoms with Crippen molar-refractivity contribution in [3.05, 3.63) is 58.1 Å². The predicted molar refractivity (Wildman–Crippen MR) is 158 cm³/mol. The summed E-state index contributed by atoms with van der Waals surface area (Å²) in [5.74, 6) is -1.26. The van der Waals surface area contributed by atoms with Gasteiger partial charge in [-0.05, 0) is 81.2 Å². The molecule has 0 heterocycles. The normalized spacial score (nSPS) is 18.5. The van der Waals surface area contributed by atoms with Crippen LogP contribution in [0.2, 0.25) is 5.02 Å². The third-order valence-corrected chi connectivity index (χ3v) is 7.15. The van der Waals surface area contributed by atoms with Crippen LogP contribution >= 0.6 is 11.6 Å². The van der Waals surface area contributed by atoms with Crippen LogP contribution in [0.3, 0.4) is 0 Å². The number of carboxylic acid groups (broad SMARTS) is 1. The van der Waals surface area contributed by atoms with Crippen molar-refractivity contribution in [3.8, 4) is 0 Å². The molecule has 0 saturated carbocycles. The fourth-order valence-corrected chi connectivity index (χ4v) is 5.08. The van der Waals surface area contributed by atoms with Crippen LogP contribution < -0.4 is 5.32 Å². The number of aryl methyl sites for hydroxylation is 1. The molecule has 2 rings (SSSR count). The van der Waals surface area contributed by atoms with Gasteiger partial charge in [-0.1, -0.05) is 56.7 Å². The molecule has 2 amide bonds. The summed E-state index contributed by atoms with van der Waals surface area (Å²) < 4.78 is 0. The number of carboxylic acids is 1. The molecule has 214 valence electrons. The summed E-state index contributed by atoms with van der Waals surface area (Å²) in [5.41, 5.74) is 1.27. The molecule has 0 aromatic heterocycles. The van der Waals surface area contributed by atoms with Gasteiger partial charge < -0.3 is 15.3 Å². The number of nitrogens with one attached hydrogen (secondary N) is 1. The van der Waals surface area contributed by atoms with E-state index in [0.29, 0.717) is 11.4 Å². The Labute approximate surface area is 238 Å². The Kier molecular flexibility index (Phi) is 10.7. The number of halogens is 1. The summed E-state index contributed by atoms with van der Waals surface area (Å²) in [6.45, 7) is 15.8. The Morgan fingerprint density at radius 1 is 1.21 bits per heavy atom. The van der Waals surface area contributed by atoms with Crippen LogP contribution in [0.25, 0.3) is 0 Å². The Balaban J connectivity index is 2.38. The van der Waals surface area contributed by atoms with Gasteiger partial charge in [0.25, 0.3) is 0 Å². The molecular weight excluding hydrogens is 514 g/mol. The van der Waals surface area contributed by atoms with Crippen LogP contribution in [0, 0.1) is 17.8 Å². The zero-order valence-corrected chi connectivity index (χ0v) is 25.4. The maximum Gasteiger partial charge on any atom is 0.305 e. The maximum atomic E-state index is 13.2. The highest BCUT2D eigenvalue weighted by molar-refractivity contribution is 6.30. The van der Waals surface area contributed by atoms with Crippen LogP contribution in [0.1, 0.15) is 85.3 Å². The number of nitrogens with zero attached hydrogens (tertiary/aromatic N) is 2. The molecule has 1 aromatic carbocycles. The SMILES string of the molecule is CC(=O)N(C(CCC(C)(C)C)C1=CCC(C)(C(=O)NCCC(=O)O)C=C1)C(C)(C)/N=C/c1cc(C)cc(Cl)c1. The van der Waals surface area contributed by atoms with E-state index in [2.05, 4.69) is 26.1 Å². The first-order chi connectivity index (χ1) is 17.9. The van der Waals surface area contributed by atoms with Gasteiger partial charge in [0.15, 0.2) is 0 Å². The summed E-state index contributed by atoms with van der Waals surface area (Å²) in [4.78, 5) is 43.5. The second-order valence-corrected chi connectivity index (χ2v) is 12.8. The molecule has 2 N–H and O–H groups in total. The smallest absolute Gasteiger partial charge is 0.305 e. The van der Waals surface area contributed by atoms with Gasteiger partial charge in [-0.25, -0.2) is 0 Å². The lowest BCUT2D eigenvalue weighted by atomic mass is 9.78. The Hall–Kier alpha value is -2.93. The zero-order valence-electron chi connectivity index (χ0n) is 24.6. The fraction of sp³-hybridized carbons (Fsp3) is 0.548. The number of hydrogen-bond acceptors (Lipinski definition) is 4. The summed E-state index contributed by atoms with van der Waals surface area (Å²) >= 11 is 6.24. The highest BCUT2D eigenvalue weighted by Crippen LogP contribution is 2.36. The van der Waals surface area contributed by atoms with Gasteiger partial charge in [0.1, 0.15) is 5.66 Å². The first kappa shape index (κ1) is 32.3. The number of aliphatic imine (C=N–C) groups is 1. The van der Waals surface area contributed by atoms with E-state index in [4.69, 9.17) is 21.7 Å². The second kappa shape index (κ2) is 12.9. The summed E-state index contributed by atoms with van der Waals surface area (Å²) in [6, 6.07) is 5.48. The first-order valence-corrected chi connectivity index (χ1v) is 13.8. The van der Waals surface area contributed by atoms with E-state index in [9.17, 15) is 14.4 Å². The van der Waals surface area contributed by atoms with Crippen LogP contribution in [0.5, 0.6) is 0 Å². The van der Waals surface area contributed by atoms with Gasteiger partial charge in [-0.15, -0.1) is 0 Å². The minimum Gasteiger partial charge on any atom is -0.481 e. The number of rotatable bonds is 11. The lowest BCUT2D eigenvalue weighted by Crippen LogP contribution is -2.52. The van der Waals surface area contributed by atoms with Gasteiger partial charge >= 0.3 is 5.97 Å². The molecule has 0 bridgehead atoms. The van der Waals surface area contributed by atoms with E-state index in [0.717, 1.165) is 29.5 Å². The fourth-order valence-electron chi connectivity index (χ4n) is 4.78. The molecule has 7 nitrogen and oxygen atoms in total. The van der Waals surface area contributed by atoms with Gasteiger partial charge in [0.2, 0.25) is 11.8 Å². The van der Waals surface area contributed by atoms with E-state index in [1.54, 1.807) is 13.1 Å². The van der Waals surface area contributed by atoms with Crippen LogP contribution in [-0.2, 0) is 14.4 Å². The van der Waals surface area contributed by atoms with Crippen LogP contribution in [-0.4, -0.2) is 52.3 Å². The highest BCUT2D eigenvalue weighted by Gasteiger charge is 2.38. The molecule has 2 atom stereocenters. The standard InChI is InChI=1S/C31H44ClN3O4/c1-21-17-23(19-25(32)18-21)20-34-30(6,7)35(22(2)36)26(11-13-29(3,4)5)24-9-14-31(8,15-10-24)28(39)33-16-12-27(37)38/h9-10,14,17-20,26H,11-13,15-16H2,1-8H3,(H,33,39)(H,37,38)/b34-20+. The Bertz CT molecular complexity index is 1140. The Morgan fingerprint density at radius 3 is 2.38 bits per heavy atom. The minimum atomic E-state index is -0.955. The lowest BCUT2D eigenvalue weighted by molar-refractivity contribution is -0.138. The number of aliphatic carboxylic acids is 1. The minimum absolute atomic E-state index is 0.0594. The molecular formula is C31H44ClN3O4. The molecule has 1 aromatic rings. The van der Waals surface area contributed by atoms with Crippen molar-refractivity contribution in [3.63, 3.8) is 0 Å². The number of amides is 2. The topological polar surface area (TPSA) is 99.1 Å². The van der Waals surface area contributed by atoms with Crippen molar-refractivity contribution in [2.75, 3.05) is 6.54 Å². The summed E-state index contributed by atoms with van der Waals surface area (Å²) in [5, 5.41) is 12.2. The number of carbonyl (C=O) groups is 3. The molecule has 0 aliphatic heterocycles. The van der Waals surface area contributed by atoms with Crippen molar-refractivity contribution in [2.45, 2.75) is 92.8 Å². The van der Waals surface area contributed by atoms with Crippen molar-refractivity contribution >= 4 is 35.6 Å². The number of allylic oxidation sites excluding steroid dienone is 1. The third kappa shape index (κ3) is 9.64. The molecule has 2 unspecified atom stereocenters. The molecule has 0 spiro atoms. The van der Waals surface area contributed by atoms with E-state index >= 15 is 0 Å². The molecule has 1 aliphatic rings. The average Bonchev–Trinajstić information content (AvgIpc) is 2.79. The van der Waals surface area contributed by atoms with Crippen molar-refractivity contribution < 1.29 is 19.5 Å². The monoisotopic (exact) mass is 557 g/mol. The molecule has 0 saturated heterocycles. The molecule has 0 fully saturated rings. The number of carbonyl (C=O) groups excluding carboxylic acids is 2. The molecule has 1 aliphatic carbocycles. The number of benzene rings is 1. The van der Waals surface area contributed by atoms with Gasteiger partial charge in [-0.2, -0.15) is 0 Å². The van der Waals surface area contributed by atoms with E-state index in [1.807, 2.05) is 69.0 Å². The molecule has 39 heavy (non-hydrogen) atoms. The van der Waals surface area contributed by atoms with Gasteiger partial charge in [0, 0.05) is 24.7 Å². The zero-order chi connectivity index (χ0) is 29.6. The maximum absolute atomic E-state index is 13.2. The van der Waals surface area contributed by atoms with E-state index in [1.165, 1.54) is 0 Å². The van der Waals surface area contributed by atoms with Crippen molar-refractivity contribution in [1.82, 2.24) is 10.2 Å². The third-order valence-electron chi connectivity index (χ3n) is 6.94. The van der Waals surface area contributed by atoms with Gasteiger partial charge in [0.05, 0.1) is 17.9 Å². The molecule has 0 radical (unpaired) electrons. The summed E-state index contributed by atoms with van der Waals surface area (Å²) in [7, 11) is 0. The van der Waals surface area contributed by atoms with Crippen molar-refractivity contribution in [1.29, 1.82) is 0 Å². The first-order valence-electron chi connectivity index (χ1n) is 13.5. The number of hydrogen-bond donors (Lipinski definition) is 2. The van der Waals surface area contributed by atoms with E-state index < -0.39 is 17.0 Å². The average molecular weight is 558 g/mol. The Morgan fingerprint density at radius 2 is 1.87 bits per heavy atom. The molecule has 8 heteroatoms. The van der Waals surface area contributed by atoms with Crippen LogP contribution in [0.15, 0.2) is 47.0 Å². The highest BCUT2D eigenvalue weighted by atomic mass is 35.5. The largest absolute Gasteiger partial charge is 0.481 e. The lowest BCUT2D eigenvalue weighted by Gasteiger charge is -2.43. The second-order valence-electron chi connectivity index (χ2n) is 12.4. The van der Waals surface area contributed by atoms with Crippen LogP contribution in [0.4, 0.5) is 0 Å². The van der Waals surface area contributed by atoms with E-state index in [-0.39, 0.29) is 36.2 Å². The van der Waals surface area contributed by atoms with Crippen molar-refractivity contribution in [2.24, 2.45) is 15.8 Å². The quantitative estimate of drug-likeness (QED) is 0.310. The van der Waals surface area contributed by atoms with Gasteiger partial charge in [-0.3, -0.25) is 19.4 Å².